The topological polar surface area (TPSA) is 135 Å². The SMILES string of the molecule is CCOc1ccc(-n2c(CNC(=O)c3cc(OCC)c(OCC)c(OCC)c3)nnc2SCC(=O)Nc2ccc(OC)cc2)cc1. The van der Waals surface area contributed by atoms with Crippen molar-refractivity contribution in [3.8, 4) is 34.4 Å². The molecule has 3 aromatic carbocycles. The standard InChI is InChI=1S/C33H39N5O7S/c1-6-42-26-16-12-24(13-17-26)38-29(36-37-33(38)46-21-30(39)35-23-10-14-25(41-5)15-11-23)20-34-32(40)22-18-27(43-7-2)31(45-9-4)28(19-22)44-8-3/h10-19H,6-9,20-21H2,1-5H3,(H,34,40)(H,35,39). The minimum Gasteiger partial charge on any atom is -0.497 e. The molecule has 0 atom stereocenters. The van der Waals surface area contributed by atoms with Gasteiger partial charge in [-0.15, -0.1) is 10.2 Å². The number of amides is 2. The van der Waals surface area contributed by atoms with E-state index in [0.29, 0.717) is 77.4 Å². The molecule has 4 aromatic rings. The fraction of sp³-hybridized carbons (Fsp3) is 0.333. The molecular weight excluding hydrogens is 610 g/mol. The van der Waals surface area contributed by atoms with Gasteiger partial charge in [0.1, 0.15) is 11.5 Å². The molecule has 0 unspecified atom stereocenters. The van der Waals surface area contributed by atoms with E-state index >= 15 is 0 Å². The molecule has 1 aromatic heterocycles. The van der Waals surface area contributed by atoms with Crippen LogP contribution in [0.4, 0.5) is 5.69 Å². The van der Waals surface area contributed by atoms with Crippen LogP contribution in [0.25, 0.3) is 5.69 Å². The summed E-state index contributed by atoms with van der Waals surface area (Å²) in [6.45, 7) is 9.28. The maximum Gasteiger partial charge on any atom is 0.251 e. The van der Waals surface area contributed by atoms with Crippen LogP contribution in [0.3, 0.4) is 0 Å². The summed E-state index contributed by atoms with van der Waals surface area (Å²) < 4.78 is 29.9. The average molecular weight is 650 g/mol. The Kier molecular flexibility index (Phi) is 12.5. The number of aromatic nitrogens is 3. The van der Waals surface area contributed by atoms with Gasteiger partial charge in [-0.3, -0.25) is 14.2 Å². The van der Waals surface area contributed by atoms with Gasteiger partial charge in [-0.25, -0.2) is 0 Å². The molecule has 0 fully saturated rings. The van der Waals surface area contributed by atoms with Crippen LogP contribution in [0.1, 0.15) is 43.9 Å². The molecule has 46 heavy (non-hydrogen) atoms. The zero-order valence-corrected chi connectivity index (χ0v) is 27.4. The molecule has 0 saturated heterocycles. The maximum atomic E-state index is 13.4. The molecule has 1 heterocycles. The number of nitrogens with one attached hydrogen (secondary N) is 2. The first-order valence-electron chi connectivity index (χ1n) is 15.0. The summed E-state index contributed by atoms with van der Waals surface area (Å²) in [4.78, 5) is 26.2. The number of nitrogens with zero attached hydrogens (tertiary/aromatic N) is 3. The van der Waals surface area contributed by atoms with Crippen molar-refractivity contribution in [1.82, 2.24) is 20.1 Å². The van der Waals surface area contributed by atoms with Gasteiger partial charge in [0.05, 0.1) is 45.8 Å². The Bertz CT molecular complexity index is 1570. The number of carbonyl (C=O) groups excluding carboxylic acids is 2. The average Bonchev–Trinajstić information content (AvgIpc) is 3.47. The van der Waals surface area contributed by atoms with Gasteiger partial charge in [-0.1, -0.05) is 11.8 Å². The van der Waals surface area contributed by atoms with E-state index in [4.69, 9.17) is 23.7 Å². The molecule has 0 spiro atoms. The predicted molar refractivity (Wildman–Crippen MR) is 176 cm³/mol. The van der Waals surface area contributed by atoms with Gasteiger partial charge < -0.3 is 34.3 Å². The molecule has 4 rings (SSSR count). The Labute approximate surface area is 272 Å². The van der Waals surface area contributed by atoms with Crippen molar-refractivity contribution in [2.75, 3.05) is 44.6 Å². The summed E-state index contributed by atoms with van der Waals surface area (Å²) in [5.74, 6) is 2.69. The number of thioether (sulfide) groups is 1. The summed E-state index contributed by atoms with van der Waals surface area (Å²) in [5, 5.41) is 15.0. The van der Waals surface area contributed by atoms with E-state index in [1.54, 1.807) is 48.1 Å². The smallest absolute Gasteiger partial charge is 0.251 e. The fourth-order valence-electron chi connectivity index (χ4n) is 4.41. The van der Waals surface area contributed by atoms with E-state index in [0.717, 1.165) is 5.69 Å². The second-order valence-corrected chi connectivity index (χ2v) is 10.5. The van der Waals surface area contributed by atoms with Crippen molar-refractivity contribution in [3.05, 3.63) is 72.1 Å². The summed E-state index contributed by atoms with van der Waals surface area (Å²) in [6, 6.07) is 17.8. The second kappa shape index (κ2) is 17.0. The van der Waals surface area contributed by atoms with Crippen LogP contribution in [0, 0.1) is 0 Å². The van der Waals surface area contributed by atoms with E-state index in [2.05, 4.69) is 20.8 Å². The molecule has 0 bridgehead atoms. The van der Waals surface area contributed by atoms with Gasteiger partial charge in [0, 0.05) is 16.9 Å². The van der Waals surface area contributed by atoms with Gasteiger partial charge in [-0.2, -0.15) is 0 Å². The quantitative estimate of drug-likeness (QED) is 0.141. The monoisotopic (exact) mass is 649 g/mol. The van der Waals surface area contributed by atoms with Crippen molar-refractivity contribution in [2.45, 2.75) is 39.4 Å². The highest BCUT2D eigenvalue weighted by Gasteiger charge is 2.21. The first-order valence-corrected chi connectivity index (χ1v) is 16.0. The summed E-state index contributed by atoms with van der Waals surface area (Å²) in [6.07, 6.45) is 0. The van der Waals surface area contributed by atoms with Gasteiger partial charge in [-0.05, 0) is 88.4 Å². The van der Waals surface area contributed by atoms with Crippen molar-refractivity contribution < 1.29 is 33.3 Å². The fourth-order valence-corrected chi connectivity index (χ4v) is 5.18. The molecule has 0 aliphatic rings. The zero-order valence-electron chi connectivity index (χ0n) is 26.6. The molecule has 0 saturated carbocycles. The zero-order chi connectivity index (χ0) is 32.9. The Balaban J connectivity index is 1.55. The van der Waals surface area contributed by atoms with Crippen molar-refractivity contribution in [3.63, 3.8) is 0 Å². The highest BCUT2D eigenvalue weighted by Crippen LogP contribution is 2.39. The van der Waals surface area contributed by atoms with Crippen molar-refractivity contribution >= 4 is 29.3 Å². The van der Waals surface area contributed by atoms with Gasteiger partial charge in [0.25, 0.3) is 5.91 Å². The second-order valence-electron chi connectivity index (χ2n) is 9.51. The van der Waals surface area contributed by atoms with E-state index in [9.17, 15) is 9.59 Å². The number of hydrogen-bond acceptors (Lipinski definition) is 10. The molecule has 0 radical (unpaired) electrons. The molecule has 12 nitrogen and oxygen atoms in total. The maximum absolute atomic E-state index is 13.4. The van der Waals surface area contributed by atoms with Crippen LogP contribution in [0.2, 0.25) is 0 Å². The number of methoxy groups -OCH3 is 1. The van der Waals surface area contributed by atoms with Crippen LogP contribution in [0.5, 0.6) is 28.7 Å². The molecule has 0 aliphatic carbocycles. The minimum absolute atomic E-state index is 0.0544. The normalized spacial score (nSPS) is 10.6. The molecular formula is C33H39N5O7S. The highest BCUT2D eigenvalue weighted by molar-refractivity contribution is 7.99. The number of anilines is 1. The lowest BCUT2D eigenvalue weighted by molar-refractivity contribution is -0.113. The Morgan fingerprint density at radius 3 is 1.98 bits per heavy atom. The summed E-state index contributed by atoms with van der Waals surface area (Å²) in [7, 11) is 1.58. The minimum atomic E-state index is -0.362. The largest absolute Gasteiger partial charge is 0.497 e. The Morgan fingerprint density at radius 2 is 1.39 bits per heavy atom. The first-order chi connectivity index (χ1) is 22.4. The molecule has 2 N–H and O–H groups in total. The predicted octanol–water partition coefficient (Wildman–Crippen LogP) is 5.53. The number of ether oxygens (including phenoxy) is 5. The Morgan fingerprint density at radius 1 is 0.783 bits per heavy atom. The van der Waals surface area contributed by atoms with E-state index in [1.807, 2.05) is 52.0 Å². The van der Waals surface area contributed by atoms with Crippen molar-refractivity contribution in [2.24, 2.45) is 0 Å². The van der Waals surface area contributed by atoms with Crippen LogP contribution in [0.15, 0.2) is 65.8 Å². The highest BCUT2D eigenvalue weighted by atomic mass is 32.2. The van der Waals surface area contributed by atoms with Gasteiger partial charge >= 0.3 is 0 Å². The number of carbonyl (C=O) groups is 2. The summed E-state index contributed by atoms with van der Waals surface area (Å²) >= 11 is 1.23. The number of benzene rings is 3. The number of rotatable bonds is 17. The van der Waals surface area contributed by atoms with Gasteiger partial charge in [0.15, 0.2) is 22.5 Å². The third kappa shape index (κ3) is 8.84. The molecule has 2 amide bonds. The molecule has 0 aliphatic heterocycles. The van der Waals surface area contributed by atoms with E-state index in [-0.39, 0.29) is 24.1 Å². The third-order valence-electron chi connectivity index (χ3n) is 6.39. The van der Waals surface area contributed by atoms with Crippen LogP contribution in [-0.2, 0) is 11.3 Å². The van der Waals surface area contributed by atoms with Gasteiger partial charge in [0.2, 0.25) is 11.7 Å². The van der Waals surface area contributed by atoms with Crippen molar-refractivity contribution in [1.29, 1.82) is 0 Å². The van der Waals surface area contributed by atoms with E-state index < -0.39 is 0 Å². The first kappa shape index (κ1) is 34.0. The lowest BCUT2D eigenvalue weighted by Gasteiger charge is -2.17. The molecule has 13 heteroatoms. The Hall–Kier alpha value is -4.91. The number of hydrogen-bond donors (Lipinski definition) is 2. The molecule has 244 valence electrons. The van der Waals surface area contributed by atoms with E-state index in [1.165, 1.54) is 11.8 Å². The van der Waals surface area contributed by atoms with Crippen LogP contribution >= 0.6 is 11.8 Å². The van der Waals surface area contributed by atoms with Crippen LogP contribution < -0.4 is 34.3 Å². The lowest BCUT2D eigenvalue weighted by atomic mass is 10.1. The summed E-state index contributed by atoms with van der Waals surface area (Å²) in [5.41, 5.74) is 1.73. The van der Waals surface area contributed by atoms with Crippen LogP contribution in [-0.4, -0.2) is 65.9 Å². The lowest BCUT2D eigenvalue weighted by Crippen LogP contribution is -2.25. The third-order valence-corrected chi connectivity index (χ3v) is 7.32.